The summed E-state index contributed by atoms with van der Waals surface area (Å²) in [6.45, 7) is 4.39. The Hall–Kier alpha value is -2.68. The maximum atomic E-state index is 4.76. The normalized spacial score (nSPS) is 22.5. The van der Waals surface area contributed by atoms with E-state index in [9.17, 15) is 0 Å². The van der Waals surface area contributed by atoms with Gasteiger partial charge in [-0.25, -0.2) is 0 Å². The maximum absolute atomic E-state index is 4.76. The van der Waals surface area contributed by atoms with E-state index in [2.05, 4.69) is 78.6 Å². The van der Waals surface area contributed by atoms with Crippen LogP contribution in [-0.2, 0) is 6.42 Å². The maximum Gasteiger partial charge on any atom is 0.159 e. The van der Waals surface area contributed by atoms with E-state index in [4.69, 9.17) is 10.2 Å². The van der Waals surface area contributed by atoms with Crippen LogP contribution in [0, 0.1) is 11.8 Å². The number of allylic oxidation sites excluding steroid dienone is 2. The Kier molecular flexibility index (Phi) is 5.52. The number of anilines is 1. The predicted octanol–water partition coefficient (Wildman–Crippen LogP) is 6.16. The minimum Gasteiger partial charge on any atom is -0.355 e. The molecule has 1 aliphatic heterocycles. The van der Waals surface area contributed by atoms with Gasteiger partial charge < -0.3 is 4.90 Å². The van der Waals surface area contributed by atoms with E-state index in [0.29, 0.717) is 17.8 Å². The third-order valence-electron chi connectivity index (χ3n) is 6.97. The Morgan fingerprint density at radius 1 is 0.800 bits per heavy atom. The predicted molar refractivity (Wildman–Crippen MR) is 125 cm³/mol. The summed E-state index contributed by atoms with van der Waals surface area (Å²) in [6, 6.07) is 19.7. The molecule has 3 aromatic rings. The second kappa shape index (κ2) is 8.59. The highest BCUT2D eigenvalue weighted by molar-refractivity contribution is 5.93. The number of fused-ring (bicyclic) bond motifs is 1. The quantitative estimate of drug-likeness (QED) is 0.494. The van der Waals surface area contributed by atoms with Crippen LogP contribution >= 0.6 is 0 Å². The van der Waals surface area contributed by atoms with Gasteiger partial charge >= 0.3 is 0 Å². The molecule has 5 rings (SSSR count). The number of piperidine rings is 1. The highest BCUT2D eigenvalue weighted by atomic mass is 15.3. The average Bonchev–Trinajstić information content (AvgIpc) is 2.81. The summed E-state index contributed by atoms with van der Waals surface area (Å²) in [7, 11) is 0. The van der Waals surface area contributed by atoms with E-state index in [1.54, 1.807) is 0 Å². The largest absolute Gasteiger partial charge is 0.355 e. The number of benzene rings is 2. The average molecular weight is 398 g/mol. The summed E-state index contributed by atoms with van der Waals surface area (Å²) in [5.41, 5.74) is 2.62. The third kappa shape index (κ3) is 3.98. The number of hydrogen-bond donors (Lipinski definition) is 0. The molecule has 0 saturated carbocycles. The van der Waals surface area contributed by atoms with E-state index in [1.165, 1.54) is 42.0 Å². The first-order valence-corrected chi connectivity index (χ1v) is 11.5. The van der Waals surface area contributed by atoms with Crippen LogP contribution in [0.15, 0.2) is 66.7 Å². The van der Waals surface area contributed by atoms with Crippen molar-refractivity contribution >= 4 is 16.6 Å². The summed E-state index contributed by atoms with van der Waals surface area (Å²) in [5.74, 6) is 3.02. The third-order valence-corrected chi connectivity index (χ3v) is 6.97. The van der Waals surface area contributed by atoms with Crippen LogP contribution in [0.1, 0.15) is 49.8 Å². The molecule has 3 heteroatoms. The molecule has 0 bridgehead atoms. The molecular formula is C27H31N3. The topological polar surface area (TPSA) is 29.0 Å². The Balaban J connectivity index is 1.36. The fourth-order valence-corrected chi connectivity index (χ4v) is 5.11. The summed E-state index contributed by atoms with van der Waals surface area (Å²) < 4.78 is 0. The number of aromatic nitrogens is 2. The summed E-state index contributed by atoms with van der Waals surface area (Å²) >= 11 is 0. The fourth-order valence-electron chi connectivity index (χ4n) is 5.11. The molecule has 1 saturated heterocycles. The van der Waals surface area contributed by atoms with E-state index in [1.807, 2.05) is 0 Å². The molecule has 30 heavy (non-hydrogen) atoms. The Morgan fingerprint density at radius 2 is 1.53 bits per heavy atom. The molecule has 1 fully saturated rings. The summed E-state index contributed by atoms with van der Waals surface area (Å²) in [4.78, 5) is 2.45. The monoisotopic (exact) mass is 397 g/mol. The lowest BCUT2D eigenvalue weighted by atomic mass is 9.86. The highest BCUT2D eigenvalue weighted by Gasteiger charge is 2.24. The SMILES string of the molecule is CC1C=CC(Cc2nnc(N3CCC(c4ccccc4)CC3)c3ccccc23)CC1. The van der Waals surface area contributed by atoms with Crippen LogP contribution in [0.5, 0.6) is 0 Å². The molecule has 1 aliphatic carbocycles. The molecule has 0 N–H and O–H groups in total. The van der Waals surface area contributed by atoms with E-state index < -0.39 is 0 Å². The van der Waals surface area contributed by atoms with Crippen LogP contribution < -0.4 is 4.90 Å². The van der Waals surface area contributed by atoms with Crippen molar-refractivity contribution in [1.29, 1.82) is 0 Å². The zero-order valence-corrected chi connectivity index (χ0v) is 17.9. The summed E-state index contributed by atoms with van der Waals surface area (Å²) in [6.07, 6.45) is 10.6. The molecule has 3 nitrogen and oxygen atoms in total. The van der Waals surface area contributed by atoms with Gasteiger partial charge in [-0.15, -0.1) is 5.10 Å². The van der Waals surface area contributed by atoms with Crippen LogP contribution in [0.2, 0.25) is 0 Å². The molecule has 0 radical (unpaired) electrons. The second-order valence-corrected chi connectivity index (χ2v) is 9.09. The van der Waals surface area contributed by atoms with E-state index in [0.717, 1.165) is 31.0 Å². The van der Waals surface area contributed by atoms with Crippen LogP contribution in [0.3, 0.4) is 0 Å². The van der Waals surface area contributed by atoms with Gasteiger partial charge in [-0.05, 0) is 55.4 Å². The van der Waals surface area contributed by atoms with Gasteiger partial charge in [0.1, 0.15) is 0 Å². The van der Waals surface area contributed by atoms with Gasteiger partial charge in [0, 0.05) is 23.9 Å². The first-order chi connectivity index (χ1) is 14.8. The van der Waals surface area contributed by atoms with Crippen molar-refractivity contribution in [2.75, 3.05) is 18.0 Å². The summed E-state index contributed by atoms with van der Waals surface area (Å²) in [5, 5.41) is 12.0. The van der Waals surface area contributed by atoms with Crippen molar-refractivity contribution in [3.63, 3.8) is 0 Å². The molecule has 2 unspecified atom stereocenters. The number of rotatable bonds is 4. The minimum absolute atomic E-state index is 0.589. The van der Waals surface area contributed by atoms with E-state index in [-0.39, 0.29) is 0 Å². The Bertz CT molecular complexity index is 1020. The van der Waals surface area contributed by atoms with Crippen LogP contribution in [0.4, 0.5) is 5.82 Å². The number of nitrogens with zero attached hydrogens (tertiary/aromatic N) is 3. The van der Waals surface area contributed by atoms with Gasteiger partial charge in [0.15, 0.2) is 5.82 Å². The van der Waals surface area contributed by atoms with Crippen molar-refractivity contribution < 1.29 is 0 Å². The zero-order chi connectivity index (χ0) is 20.3. The van der Waals surface area contributed by atoms with Crippen molar-refractivity contribution in [2.24, 2.45) is 11.8 Å². The molecule has 0 amide bonds. The lowest BCUT2D eigenvalue weighted by Crippen LogP contribution is -2.34. The first-order valence-electron chi connectivity index (χ1n) is 11.5. The van der Waals surface area contributed by atoms with Gasteiger partial charge in [-0.2, -0.15) is 5.10 Å². The van der Waals surface area contributed by atoms with Crippen molar-refractivity contribution in [3.8, 4) is 0 Å². The fraction of sp³-hybridized carbons (Fsp3) is 0.407. The smallest absolute Gasteiger partial charge is 0.159 e. The van der Waals surface area contributed by atoms with Crippen LogP contribution in [-0.4, -0.2) is 23.3 Å². The molecule has 154 valence electrons. The van der Waals surface area contributed by atoms with Gasteiger partial charge in [-0.1, -0.05) is 73.7 Å². The van der Waals surface area contributed by atoms with Gasteiger partial charge in [0.2, 0.25) is 0 Å². The van der Waals surface area contributed by atoms with Crippen molar-refractivity contribution in [2.45, 2.75) is 44.9 Å². The molecule has 2 aromatic carbocycles. The Labute approximate surface area is 179 Å². The van der Waals surface area contributed by atoms with Gasteiger partial charge in [0.25, 0.3) is 0 Å². The molecule has 1 aromatic heterocycles. The molecule has 2 aliphatic rings. The zero-order valence-electron chi connectivity index (χ0n) is 17.9. The lowest BCUT2D eigenvalue weighted by molar-refractivity contribution is 0.470. The standard InChI is InChI=1S/C27H31N3/c1-20-11-13-21(14-12-20)19-26-24-9-5-6-10-25(24)27(29-28-26)30-17-15-23(16-18-30)22-7-3-2-4-8-22/h2-11,13,20-21,23H,12,14-19H2,1H3. The molecule has 2 atom stereocenters. The Morgan fingerprint density at radius 3 is 2.27 bits per heavy atom. The van der Waals surface area contributed by atoms with Gasteiger partial charge in [0.05, 0.1) is 5.69 Å². The van der Waals surface area contributed by atoms with Gasteiger partial charge in [-0.3, -0.25) is 0 Å². The highest BCUT2D eigenvalue weighted by Crippen LogP contribution is 2.34. The molecule has 0 spiro atoms. The van der Waals surface area contributed by atoms with Crippen molar-refractivity contribution in [1.82, 2.24) is 10.2 Å². The molecule has 2 heterocycles. The lowest BCUT2D eigenvalue weighted by Gasteiger charge is -2.33. The van der Waals surface area contributed by atoms with E-state index >= 15 is 0 Å². The number of hydrogen-bond acceptors (Lipinski definition) is 3. The first kappa shape index (κ1) is 19.3. The minimum atomic E-state index is 0.589. The van der Waals surface area contributed by atoms with Crippen LogP contribution in [0.25, 0.3) is 10.8 Å². The van der Waals surface area contributed by atoms with Crippen molar-refractivity contribution in [3.05, 3.63) is 78.0 Å². The molecular weight excluding hydrogens is 366 g/mol. The second-order valence-electron chi connectivity index (χ2n) is 9.09.